The number of likely N-dealkylation sites (tertiary alicyclic amines) is 1. The van der Waals surface area contributed by atoms with Gasteiger partial charge < -0.3 is 20.3 Å². The van der Waals surface area contributed by atoms with Gasteiger partial charge in [0.25, 0.3) is 0 Å². The summed E-state index contributed by atoms with van der Waals surface area (Å²) < 4.78 is 5.34. The zero-order valence-electron chi connectivity index (χ0n) is 15.0. The molecule has 22 heavy (non-hydrogen) atoms. The van der Waals surface area contributed by atoms with Crippen LogP contribution in [0.5, 0.6) is 0 Å². The fraction of sp³-hybridized carbons (Fsp3) is 0.941. The molecule has 1 aliphatic heterocycles. The molecule has 1 atom stereocenters. The van der Waals surface area contributed by atoms with Crippen molar-refractivity contribution < 1.29 is 4.74 Å². The van der Waals surface area contributed by atoms with Crippen LogP contribution in [0.1, 0.15) is 40.0 Å². The van der Waals surface area contributed by atoms with Crippen LogP contribution >= 0.6 is 0 Å². The second kappa shape index (κ2) is 11.7. The van der Waals surface area contributed by atoms with Crippen LogP contribution in [0.15, 0.2) is 4.99 Å². The van der Waals surface area contributed by atoms with Crippen LogP contribution in [0.4, 0.5) is 0 Å². The Kier molecular flexibility index (Phi) is 10.2. The Balaban J connectivity index is 2.19. The molecule has 1 heterocycles. The van der Waals surface area contributed by atoms with Gasteiger partial charge in [-0.1, -0.05) is 13.8 Å². The Labute approximate surface area is 136 Å². The summed E-state index contributed by atoms with van der Waals surface area (Å²) in [6.45, 7) is 13.9. The van der Waals surface area contributed by atoms with Crippen LogP contribution < -0.4 is 10.6 Å². The Bertz CT molecular complexity index is 307. The van der Waals surface area contributed by atoms with Gasteiger partial charge in [-0.3, -0.25) is 4.99 Å². The van der Waals surface area contributed by atoms with Crippen molar-refractivity contribution in [3.63, 3.8) is 0 Å². The maximum atomic E-state index is 5.34. The first-order valence-electron chi connectivity index (χ1n) is 8.90. The summed E-state index contributed by atoms with van der Waals surface area (Å²) in [5.74, 6) is 2.40. The van der Waals surface area contributed by atoms with Gasteiger partial charge in [-0.2, -0.15) is 0 Å². The first-order valence-corrected chi connectivity index (χ1v) is 8.90. The number of nitrogens with zero attached hydrogens (tertiary/aromatic N) is 2. The molecule has 2 N–H and O–H groups in total. The number of nitrogens with one attached hydrogen (secondary N) is 2. The van der Waals surface area contributed by atoms with E-state index in [2.05, 4.69) is 34.4 Å². The van der Waals surface area contributed by atoms with Gasteiger partial charge in [0.05, 0.1) is 0 Å². The first kappa shape index (κ1) is 19.2. The Hall–Kier alpha value is -0.810. The van der Waals surface area contributed by atoms with Gasteiger partial charge in [-0.25, -0.2) is 0 Å². The zero-order valence-corrected chi connectivity index (χ0v) is 15.0. The summed E-state index contributed by atoms with van der Waals surface area (Å²) in [5, 5.41) is 6.83. The third-order valence-corrected chi connectivity index (χ3v) is 3.97. The van der Waals surface area contributed by atoms with E-state index < -0.39 is 0 Å². The molecule has 0 saturated carbocycles. The molecule has 0 aromatic rings. The molecular formula is C17H36N4O. The minimum Gasteiger partial charge on any atom is -0.382 e. The van der Waals surface area contributed by atoms with Crippen molar-refractivity contribution in [3.8, 4) is 0 Å². The van der Waals surface area contributed by atoms with Crippen molar-refractivity contribution in [2.75, 3.05) is 53.0 Å². The molecule has 0 aromatic heterocycles. The summed E-state index contributed by atoms with van der Waals surface area (Å²) in [5.41, 5.74) is 0. The summed E-state index contributed by atoms with van der Waals surface area (Å²) in [6, 6.07) is 0. The normalized spacial score (nSPS) is 20.4. The van der Waals surface area contributed by atoms with Crippen LogP contribution in [-0.4, -0.2) is 63.8 Å². The molecule has 1 fully saturated rings. The molecule has 5 heteroatoms. The van der Waals surface area contributed by atoms with Crippen molar-refractivity contribution in [2.24, 2.45) is 16.8 Å². The zero-order chi connectivity index (χ0) is 16.2. The van der Waals surface area contributed by atoms with E-state index in [1.807, 2.05) is 14.0 Å². The maximum absolute atomic E-state index is 5.34. The quantitative estimate of drug-likeness (QED) is 0.388. The van der Waals surface area contributed by atoms with E-state index in [1.54, 1.807) is 0 Å². The molecule has 0 aliphatic carbocycles. The molecule has 5 nitrogen and oxygen atoms in total. The Morgan fingerprint density at radius 2 is 2.18 bits per heavy atom. The molecule has 130 valence electrons. The smallest absolute Gasteiger partial charge is 0.190 e. The maximum Gasteiger partial charge on any atom is 0.190 e. The van der Waals surface area contributed by atoms with Gasteiger partial charge in [0.15, 0.2) is 5.96 Å². The first-order chi connectivity index (χ1) is 10.7. The average molecular weight is 313 g/mol. The lowest BCUT2D eigenvalue weighted by atomic mass is 9.97. The van der Waals surface area contributed by atoms with Gasteiger partial charge in [-0.15, -0.1) is 0 Å². The van der Waals surface area contributed by atoms with E-state index >= 15 is 0 Å². The number of piperidine rings is 1. The lowest BCUT2D eigenvalue weighted by Gasteiger charge is -2.34. The van der Waals surface area contributed by atoms with Crippen molar-refractivity contribution in [2.45, 2.75) is 40.0 Å². The van der Waals surface area contributed by atoms with E-state index in [-0.39, 0.29) is 0 Å². The molecule has 1 aliphatic rings. The predicted octanol–water partition coefficient (Wildman–Crippen LogP) is 1.95. The van der Waals surface area contributed by atoms with Gasteiger partial charge >= 0.3 is 0 Å². The summed E-state index contributed by atoms with van der Waals surface area (Å²) in [6.07, 6.45) is 3.66. The lowest BCUT2D eigenvalue weighted by Crippen LogP contribution is -2.45. The molecule has 0 amide bonds. The monoisotopic (exact) mass is 312 g/mol. The highest BCUT2D eigenvalue weighted by atomic mass is 16.5. The highest BCUT2D eigenvalue weighted by Crippen LogP contribution is 2.16. The molecule has 0 bridgehead atoms. The van der Waals surface area contributed by atoms with Crippen molar-refractivity contribution >= 4 is 5.96 Å². The van der Waals surface area contributed by atoms with E-state index in [4.69, 9.17) is 4.74 Å². The molecule has 0 aromatic carbocycles. The van der Waals surface area contributed by atoms with Crippen LogP contribution in [-0.2, 0) is 4.74 Å². The number of rotatable bonds is 9. The standard InChI is InChI=1S/C17H36N4O/c1-5-22-11-7-9-19-17(18-4)20-12-16-8-6-10-21(14-16)13-15(2)3/h15-16H,5-14H2,1-4H3,(H2,18,19,20). The third kappa shape index (κ3) is 8.59. The largest absolute Gasteiger partial charge is 0.382 e. The Morgan fingerprint density at radius 1 is 1.36 bits per heavy atom. The number of aliphatic imine (C=N–C) groups is 1. The van der Waals surface area contributed by atoms with Crippen LogP contribution in [0.25, 0.3) is 0 Å². The average Bonchev–Trinajstić information content (AvgIpc) is 2.50. The fourth-order valence-electron chi connectivity index (χ4n) is 2.99. The van der Waals surface area contributed by atoms with E-state index in [0.29, 0.717) is 0 Å². The number of ether oxygens (including phenoxy) is 1. The summed E-state index contributed by atoms with van der Waals surface area (Å²) >= 11 is 0. The van der Waals surface area contributed by atoms with Crippen molar-refractivity contribution in [1.29, 1.82) is 0 Å². The number of hydrogen-bond donors (Lipinski definition) is 2. The lowest BCUT2D eigenvalue weighted by molar-refractivity contribution is 0.145. The van der Waals surface area contributed by atoms with E-state index in [1.165, 1.54) is 32.5 Å². The fourth-order valence-corrected chi connectivity index (χ4v) is 2.99. The second-order valence-corrected chi connectivity index (χ2v) is 6.59. The minimum atomic E-state index is 0.731. The van der Waals surface area contributed by atoms with Gasteiger partial charge in [0.2, 0.25) is 0 Å². The molecular weight excluding hydrogens is 276 g/mol. The third-order valence-electron chi connectivity index (χ3n) is 3.97. The van der Waals surface area contributed by atoms with Gasteiger partial charge in [0, 0.05) is 46.4 Å². The van der Waals surface area contributed by atoms with Gasteiger partial charge in [0.1, 0.15) is 0 Å². The second-order valence-electron chi connectivity index (χ2n) is 6.59. The van der Waals surface area contributed by atoms with E-state index in [9.17, 15) is 0 Å². The highest BCUT2D eigenvalue weighted by molar-refractivity contribution is 5.79. The number of hydrogen-bond acceptors (Lipinski definition) is 3. The molecule has 0 spiro atoms. The molecule has 1 unspecified atom stereocenters. The molecule has 1 rings (SSSR count). The van der Waals surface area contributed by atoms with Crippen molar-refractivity contribution in [3.05, 3.63) is 0 Å². The SMILES string of the molecule is CCOCCCNC(=NC)NCC1CCCN(CC(C)C)C1. The molecule has 1 saturated heterocycles. The minimum absolute atomic E-state index is 0.731. The summed E-state index contributed by atoms with van der Waals surface area (Å²) in [4.78, 5) is 6.91. The topological polar surface area (TPSA) is 48.9 Å². The Morgan fingerprint density at radius 3 is 2.86 bits per heavy atom. The van der Waals surface area contributed by atoms with Crippen molar-refractivity contribution in [1.82, 2.24) is 15.5 Å². The highest BCUT2D eigenvalue weighted by Gasteiger charge is 2.20. The number of guanidine groups is 1. The van der Waals surface area contributed by atoms with Crippen LogP contribution in [0, 0.1) is 11.8 Å². The predicted molar refractivity (Wildman–Crippen MR) is 94.5 cm³/mol. The van der Waals surface area contributed by atoms with Crippen LogP contribution in [0.2, 0.25) is 0 Å². The van der Waals surface area contributed by atoms with Crippen LogP contribution in [0.3, 0.4) is 0 Å². The van der Waals surface area contributed by atoms with Gasteiger partial charge in [-0.05, 0) is 44.6 Å². The summed E-state index contributed by atoms with van der Waals surface area (Å²) in [7, 11) is 1.84. The molecule has 0 radical (unpaired) electrons. The van der Waals surface area contributed by atoms with E-state index in [0.717, 1.165) is 50.5 Å².